The van der Waals surface area contributed by atoms with Gasteiger partial charge in [-0.2, -0.15) is 4.31 Å². The zero-order valence-corrected chi connectivity index (χ0v) is 19.1. The molecule has 0 saturated carbocycles. The van der Waals surface area contributed by atoms with Gasteiger partial charge in [0.2, 0.25) is 10.0 Å². The highest BCUT2D eigenvalue weighted by Crippen LogP contribution is 2.33. The summed E-state index contributed by atoms with van der Waals surface area (Å²) in [7, 11) is -3.51. The zero-order valence-electron chi connectivity index (χ0n) is 18.2. The minimum Gasteiger partial charge on any atom is -0.310 e. The van der Waals surface area contributed by atoms with Gasteiger partial charge in [0.1, 0.15) is 12.4 Å². The standard InChI is InChI=1S/C23H26N6O3S/c30-23(22(29-17-24-25-26-29)15-18-7-3-1-4-8-18)28-14-11-19-16-20(9-10-21(19)28)33(31,32)27-12-5-2-6-13-27/h1,3-4,7-10,16-17,22H,2,5-6,11-15H2. The van der Waals surface area contributed by atoms with E-state index in [1.54, 1.807) is 27.4 Å². The fraction of sp³-hybridized carbons (Fsp3) is 0.391. The molecule has 33 heavy (non-hydrogen) atoms. The molecule has 1 amide bonds. The van der Waals surface area contributed by atoms with Crippen LogP contribution in [0.2, 0.25) is 0 Å². The third-order valence-corrected chi connectivity index (χ3v) is 8.30. The van der Waals surface area contributed by atoms with Crippen LogP contribution in [0.15, 0.2) is 59.8 Å². The number of hydrogen-bond donors (Lipinski definition) is 0. The van der Waals surface area contributed by atoms with Crippen molar-refractivity contribution < 1.29 is 13.2 Å². The maximum absolute atomic E-state index is 13.6. The second-order valence-electron chi connectivity index (χ2n) is 8.49. The third kappa shape index (κ3) is 4.28. The average Bonchev–Trinajstić information content (AvgIpc) is 3.53. The Kier molecular flexibility index (Phi) is 5.94. The molecule has 3 heterocycles. The highest BCUT2D eigenvalue weighted by atomic mass is 32.2. The van der Waals surface area contributed by atoms with E-state index in [2.05, 4.69) is 15.5 Å². The van der Waals surface area contributed by atoms with Gasteiger partial charge in [-0.3, -0.25) is 4.79 Å². The molecule has 0 spiro atoms. The Morgan fingerprint density at radius 1 is 1.00 bits per heavy atom. The molecule has 9 nitrogen and oxygen atoms in total. The number of sulfonamides is 1. The molecule has 0 bridgehead atoms. The number of anilines is 1. The lowest BCUT2D eigenvalue weighted by Gasteiger charge is -2.26. The fourth-order valence-electron chi connectivity index (χ4n) is 4.64. The van der Waals surface area contributed by atoms with Gasteiger partial charge >= 0.3 is 0 Å². The number of tetrazole rings is 1. The number of nitrogens with zero attached hydrogens (tertiary/aromatic N) is 6. The van der Waals surface area contributed by atoms with Gasteiger partial charge in [0.05, 0.1) is 4.90 Å². The predicted octanol–water partition coefficient (Wildman–Crippen LogP) is 2.22. The Morgan fingerprint density at radius 2 is 1.79 bits per heavy atom. The van der Waals surface area contributed by atoms with E-state index in [1.165, 1.54) is 11.0 Å². The fourth-order valence-corrected chi connectivity index (χ4v) is 6.21. The molecule has 2 aliphatic rings. The molecule has 2 aromatic carbocycles. The van der Waals surface area contributed by atoms with Gasteiger partial charge in [0, 0.05) is 31.7 Å². The molecule has 2 aliphatic heterocycles. The van der Waals surface area contributed by atoms with Crippen LogP contribution in [0, 0.1) is 0 Å². The van der Waals surface area contributed by atoms with Crippen LogP contribution >= 0.6 is 0 Å². The van der Waals surface area contributed by atoms with Crippen LogP contribution in [0.25, 0.3) is 0 Å². The van der Waals surface area contributed by atoms with Crippen molar-refractivity contribution in [3.63, 3.8) is 0 Å². The van der Waals surface area contributed by atoms with Crippen molar-refractivity contribution in [1.29, 1.82) is 0 Å². The van der Waals surface area contributed by atoms with Crippen molar-refractivity contribution in [2.75, 3.05) is 24.5 Å². The van der Waals surface area contributed by atoms with E-state index in [-0.39, 0.29) is 5.91 Å². The molecule has 1 atom stereocenters. The number of hydrogen-bond acceptors (Lipinski definition) is 6. The maximum atomic E-state index is 13.6. The molecule has 1 unspecified atom stereocenters. The Morgan fingerprint density at radius 3 is 2.52 bits per heavy atom. The Labute approximate surface area is 193 Å². The smallest absolute Gasteiger partial charge is 0.252 e. The zero-order chi connectivity index (χ0) is 22.8. The first-order valence-corrected chi connectivity index (χ1v) is 12.7. The first-order valence-electron chi connectivity index (χ1n) is 11.2. The molecule has 0 N–H and O–H groups in total. The molecule has 1 fully saturated rings. The van der Waals surface area contributed by atoms with Crippen LogP contribution < -0.4 is 4.90 Å². The number of aromatic nitrogens is 4. The quantitative estimate of drug-likeness (QED) is 0.552. The minimum absolute atomic E-state index is 0.114. The number of piperidine rings is 1. The summed E-state index contributed by atoms with van der Waals surface area (Å²) in [6.45, 7) is 1.63. The highest BCUT2D eigenvalue weighted by molar-refractivity contribution is 7.89. The largest absolute Gasteiger partial charge is 0.310 e. The lowest BCUT2D eigenvalue weighted by Crippen LogP contribution is -2.37. The highest BCUT2D eigenvalue weighted by Gasteiger charge is 2.34. The first-order chi connectivity index (χ1) is 16.0. The van der Waals surface area contributed by atoms with E-state index in [0.717, 1.165) is 36.1 Å². The van der Waals surface area contributed by atoms with Gasteiger partial charge in [0.25, 0.3) is 5.91 Å². The number of rotatable bonds is 6. The summed E-state index contributed by atoms with van der Waals surface area (Å²) in [5.74, 6) is -0.114. The van der Waals surface area contributed by atoms with Crippen LogP contribution in [0.5, 0.6) is 0 Å². The van der Waals surface area contributed by atoms with Gasteiger partial charge < -0.3 is 4.90 Å². The molecule has 0 aliphatic carbocycles. The average molecular weight is 467 g/mol. The normalized spacial score (nSPS) is 17.6. The first kappa shape index (κ1) is 21.7. The second-order valence-corrected chi connectivity index (χ2v) is 10.4. The van der Waals surface area contributed by atoms with E-state index in [4.69, 9.17) is 0 Å². The molecule has 10 heteroatoms. The van der Waals surface area contributed by atoms with Crippen molar-refractivity contribution in [2.24, 2.45) is 0 Å². The second kappa shape index (κ2) is 9.03. The maximum Gasteiger partial charge on any atom is 0.252 e. The van der Waals surface area contributed by atoms with E-state index in [9.17, 15) is 13.2 Å². The molecule has 5 rings (SSSR count). The summed E-state index contributed by atoms with van der Waals surface area (Å²) in [6, 6.07) is 14.3. The molecule has 3 aromatic rings. The SMILES string of the molecule is O=C(C(Cc1ccccc1)n1cnnn1)N1CCc2cc(S(=O)(=O)N3CCCCC3)ccc21. The summed E-state index contributed by atoms with van der Waals surface area (Å²) in [6.07, 6.45) is 5.38. The molecule has 0 radical (unpaired) electrons. The predicted molar refractivity (Wildman–Crippen MR) is 122 cm³/mol. The van der Waals surface area contributed by atoms with Crippen LogP contribution in [-0.4, -0.2) is 58.5 Å². The Balaban J connectivity index is 1.41. The molecular formula is C23H26N6O3S. The monoisotopic (exact) mass is 466 g/mol. The summed E-state index contributed by atoms with van der Waals surface area (Å²) in [5.41, 5.74) is 2.63. The molecule has 1 aromatic heterocycles. The van der Waals surface area contributed by atoms with Crippen LogP contribution in [0.4, 0.5) is 5.69 Å². The van der Waals surface area contributed by atoms with E-state index in [0.29, 0.717) is 37.4 Å². The van der Waals surface area contributed by atoms with Crippen molar-refractivity contribution in [3.05, 3.63) is 66.0 Å². The number of carbonyl (C=O) groups is 1. The van der Waals surface area contributed by atoms with Crippen molar-refractivity contribution >= 4 is 21.6 Å². The van der Waals surface area contributed by atoms with Crippen molar-refractivity contribution in [3.8, 4) is 0 Å². The Hall–Kier alpha value is -3.11. The number of amides is 1. The van der Waals surface area contributed by atoms with Crippen LogP contribution in [0.1, 0.15) is 36.4 Å². The number of carbonyl (C=O) groups excluding carboxylic acids is 1. The lowest BCUT2D eigenvalue weighted by atomic mass is 10.0. The van der Waals surface area contributed by atoms with Gasteiger partial charge in [-0.25, -0.2) is 13.1 Å². The number of fused-ring (bicyclic) bond motifs is 1. The Bertz CT molecular complexity index is 1220. The van der Waals surface area contributed by atoms with Gasteiger partial charge in [-0.15, -0.1) is 5.10 Å². The van der Waals surface area contributed by atoms with Crippen LogP contribution in [-0.2, 0) is 27.7 Å². The summed E-state index contributed by atoms with van der Waals surface area (Å²) < 4.78 is 29.2. The minimum atomic E-state index is -3.51. The third-order valence-electron chi connectivity index (χ3n) is 6.41. The topological polar surface area (TPSA) is 101 Å². The molecule has 172 valence electrons. The van der Waals surface area contributed by atoms with E-state index in [1.807, 2.05) is 30.3 Å². The molecule has 1 saturated heterocycles. The summed E-state index contributed by atoms with van der Waals surface area (Å²) in [4.78, 5) is 15.7. The van der Waals surface area contributed by atoms with Gasteiger partial charge in [-0.05, 0) is 59.0 Å². The lowest BCUT2D eigenvalue weighted by molar-refractivity contribution is -0.122. The molecular weight excluding hydrogens is 440 g/mol. The van der Waals surface area contributed by atoms with Crippen molar-refractivity contribution in [1.82, 2.24) is 24.5 Å². The van der Waals surface area contributed by atoms with Gasteiger partial charge in [-0.1, -0.05) is 36.8 Å². The van der Waals surface area contributed by atoms with Crippen LogP contribution in [0.3, 0.4) is 0 Å². The van der Waals surface area contributed by atoms with Gasteiger partial charge in [0.15, 0.2) is 0 Å². The summed E-state index contributed by atoms with van der Waals surface area (Å²) >= 11 is 0. The van der Waals surface area contributed by atoms with Crippen molar-refractivity contribution in [2.45, 2.75) is 43.0 Å². The summed E-state index contributed by atoms with van der Waals surface area (Å²) in [5, 5.41) is 11.4. The van der Waals surface area contributed by atoms with E-state index >= 15 is 0 Å². The van der Waals surface area contributed by atoms with E-state index < -0.39 is 16.1 Å². The number of benzene rings is 2.